The molecule has 0 bridgehead atoms. The number of aliphatic hydroxyl groups is 1. The third kappa shape index (κ3) is 5.55. The Morgan fingerprint density at radius 3 is 2.19 bits per heavy atom. The zero-order chi connectivity index (χ0) is 19.1. The molecule has 2 N–H and O–H groups in total. The standard InChI is InChI=1S/C21H20N2O4/c1-15(24)13-23-21(25)16-7-12-20(22-14-16)27-19-10-8-18(9-11-19)26-17-5-3-2-4-6-17/h2-12,14-15,24H,13H2,1H3,(H,23,25). The molecule has 1 aromatic heterocycles. The van der Waals surface area contributed by atoms with Gasteiger partial charge in [0.1, 0.15) is 17.2 Å². The third-order valence-electron chi connectivity index (χ3n) is 3.58. The first kappa shape index (κ1) is 18.4. The van der Waals surface area contributed by atoms with Gasteiger partial charge in [-0.15, -0.1) is 0 Å². The molecule has 1 heterocycles. The van der Waals surface area contributed by atoms with Crippen molar-refractivity contribution in [1.82, 2.24) is 10.3 Å². The quantitative estimate of drug-likeness (QED) is 0.667. The highest BCUT2D eigenvalue weighted by Gasteiger charge is 2.08. The molecule has 1 unspecified atom stereocenters. The van der Waals surface area contributed by atoms with E-state index in [1.54, 1.807) is 43.3 Å². The number of carbonyl (C=O) groups excluding carboxylic acids is 1. The van der Waals surface area contributed by atoms with Gasteiger partial charge in [0, 0.05) is 18.8 Å². The van der Waals surface area contributed by atoms with Gasteiger partial charge in [-0.25, -0.2) is 4.98 Å². The number of nitrogens with one attached hydrogen (secondary N) is 1. The number of aromatic nitrogens is 1. The molecule has 3 aromatic rings. The van der Waals surface area contributed by atoms with E-state index >= 15 is 0 Å². The summed E-state index contributed by atoms with van der Waals surface area (Å²) in [6.07, 6.45) is 0.831. The van der Waals surface area contributed by atoms with Gasteiger partial charge in [0.15, 0.2) is 0 Å². The number of hydrogen-bond acceptors (Lipinski definition) is 5. The van der Waals surface area contributed by atoms with E-state index in [0.717, 1.165) is 5.75 Å². The number of aliphatic hydroxyl groups excluding tert-OH is 1. The molecule has 0 saturated carbocycles. The predicted octanol–water partition coefficient (Wildman–Crippen LogP) is 3.78. The van der Waals surface area contributed by atoms with Crippen LogP contribution in [0.1, 0.15) is 17.3 Å². The minimum atomic E-state index is -0.599. The van der Waals surface area contributed by atoms with Gasteiger partial charge in [-0.2, -0.15) is 0 Å². The van der Waals surface area contributed by atoms with Crippen molar-refractivity contribution in [2.75, 3.05) is 6.54 Å². The molecule has 0 fully saturated rings. The van der Waals surface area contributed by atoms with Crippen LogP contribution in [0.2, 0.25) is 0 Å². The minimum Gasteiger partial charge on any atom is -0.457 e. The first-order valence-corrected chi connectivity index (χ1v) is 8.53. The van der Waals surface area contributed by atoms with Crippen LogP contribution < -0.4 is 14.8 Å². The molecule has 2 aromatic carbocycles. The third-order valence-corrected chi connectivity index (χ3v) is 3.58. The summed E-state index contributed by atoms with van der Waals surface area (Å²) in [5, 5.41) is 11.8. The number of amides is 1. The monoisotopic (exact) mass is 364 g/mol. The maximum atomic E-state index is 11.9. The Bertz CT molecular complexity index is 863. The van der Waals surface area contributed by atoms with Gasteiger partial charge in [-0.3, -0.25) is 4.79 Å². The Kier molecular flexibility index (Phi) is 6.02. The lowest BCUT2D eigenvalue weighted by molar-refractivity contribution is 0.0923. The summed E-state index contributed by atoms with van der Waals surface area (Å²) in [6, 6.07) is 19.9. The molecular formula is C21H20N2O4. The van der Waals surface area contributed by atoms with Crippen LogP contribution in [-0.2, 0) is 0 Å². The molecule has 6 heteroatoms. The fourth-order valence-corrected chi connectivity index (χ4v) is 2.24. The first-order chi connectivity index (χ1) is 13.1. The Morgan fingerprint density at radius 1 is 0.963 bits per heavy atom. The molecule has 138 valence electrons. The second-order valence-corrected chi connectivity index (χ2v) is 5.93. The number of pyridine rings is 1. The number of nitrogens with zero attached hydrogens (tertiary/aromatic N) is 1. The van der Waals surface area contributed by atoms with E-state index in [0.29, 0.717) is 22.9 Å². The van der Waals surface area contributed by atoms with E-state index < -0.39 is 6.10 Å². The van der Waals surface area contributed by atoms with Gasteiger partial charge in [0.2, 0.25) is 5.88 Å². The van der Waals surface area contributed by atoms with Crippen molar-refractivity contribution in [3.63, 3.8) is 0 Å². The maximum Gasteiger partial charge on any atom is 0.252 e. The highest BCUT2D eigenvalue weighted by atomic mass is 16.5. The van der Waals surface area contributed by atoms with Crippen molar-refractivity contribution >= 4 is 5.91 Å². The molecule has 0 aliphatic carbocycles. The van der Waals surface area contributed by atoms with Crippen LogP contribution in [0.5, 0.6) is 23.1 Å². The number of para-hydroxylation sites is 1. The number of hydrogen-bond donors (Lipinski definition) is 2. The van der Waals surface area contributed by atoms with Crippen LogP contribution in [0.25, 0.3) is 0 Å². The van der Waals surface area contributed by atoms with E-state index in [9.17, 15) is 9.90 Å². The first-order valence-electron chi connectivity index (χ1n) is 8.53. The predicted molar refractivity (Wildman–Crippen MR) is 101 cm³/mol. The van der Waals surface area contributed by atoms with Crippen molar-refractivity contribution in [2.24, 2.45) is 0 Å². The number of ether oxygens (including phenoxy) is 2. The fraction of sp³-hybridized carbons (Fsp3) is 0.143. The molecule has 0 radical (unpaired) electrons. The normalized spacial score (nSPS) is 11.5. The van der Waals surface area contributed by atoms with Crippen molar-refractivity contribution in [2.45, 2.75) is 13.0 Å². The van der Waals surface area contributed by atoms with Gasteiger partial charge in [-0.1, -0.05) is 18.2 Å². The number of benzene rings is 2. The van der Waals surface area contributed by atoms with Gasteiger partial charge in [0.05, 0.1) is 11.7 Å². The zero-order valence-corrected chi connectivity index (χ0v) is 14.8. The van der Waals surface area contributed by atoms with Crippen LogP contribution in [0.15, 0.2) is 72.9 Å². The molecule has 27 heavy (non-hydrogen) atoms. The van der Waals surface area contributed by atoms with E-state index in [2.05, 4.69) is 10.3 Å². The molecule has 0 saturated heterocycles. The topological polar surface area (TPSA) is 80.7 Å². The summed E-state index contributed by atoms with van der Waals surface area (Å²) < 4.78 is 11.4. The van der Waals surface area contributed by atoms with Crippen molar-refractivity contribution in [1.29, 1.82) is 0 Å². The molecule has 6 nitrogen and oxygen atoms in total. The second-order valence-electron chi connectivity index (χ2n) is 5.93. The zero-order valence-electron chi connectivity index (χ0n) is 14.8. The Morgan fingerprint density at radius 2 is 1.59 bits per heavy atom. The lowest BCUT2D eigenvalue weighted by Crippen LogP contribution is -2.30. The van der Waals surface area contributed by atoms with Crippen LogP contribution in [0.4, 0.5) is 0 Å². The second kappa shape index (κ2) is 8.82. The molecule has 3 rings (SSSR count). The molecule has 1 amide bonds. The van der Waals surface area contributed by atoms with Crippen LogP contribution in [-0.4, -0.2) is 28.6 Å². The smallest absolute Gasteiger partial charge is 0.252 e. The van der Waals surface area contributed by atoms with Gasteiger partial charge in [0.25, 0.3) is 5.91 Å². The van der Waals surface area contributed by atoms with Gasteiger partial charge in [-0.05, 0) is 49.4 Å². The van der Waals surface area contributed by atoms with Crippen LogP contribution >= 0.6 is 0 Å². The average molecular weight is 364 g/mol. The molecule has 0 aliphatic rings. The van der Waals surface area contributed by atoms with Crippen LogP contribution in [0.3, 0.4) is 0 Å². The fourth-order valence-electron chi connectivity index (χ4n) is 2.24. The summed E-state index contributed by atoms with van der Waals surface area (Å²) in [4.78, 5) is 16.0. The average Bonchev–Trinajstić information content (AvgIpc) is 2.69. The number of carbonyl (C=O) groups is 1. The maximum absolute atomic E-state index is 11.9. The highest BCUT2D eigenvalue weighted by molar-refractivity contribution is 5.93. The Balaban J connectivity index is 1.58. The van der Waals surface area contributed by atoms with Crippen LogP contribution in [0, 0.1) is 0 Å². The minimum absolute atomic E-state index is 0.189. The Hall–Kier alpha value is -3.38. The molecule has 0 aliphatic heterocycles. The summed E-state index contributed by atoms with van der Waals surface area (Å²) >= 11 is 0. The lowest BCUT2D eigenvalue weighted by Gasteiger charge is -2.09. The largest absolute Gasteiger partial charge is 0.457 e. The van der Waals surface area contributed by atoms with Crippen molar-refractivity contribution < 1.29 is 19.4 Å². The van der Waals surface area contributed by atoms with Crippen molar-refractivity contribution in [3.8, 4) is 23.1 Å². The van der Waals surface area contributed by atoms with E-state index in [1.165, 1.54) is 6.20 Å². The van der Waals surface area contributed by atoms with Gasteiger partial charge < -0.3 is 19.9 Å². The van der Waals surface area contributed by atoms with Crippen molar-refractivity contribution in [3.05, 3.63) is 78.5 Å². The summed E-state index contributed by atoms with van der Waals surface area (Å²) in [7, 11) is 0. The van der Waals surface area contributed by atoms with Gasteiger partial charge >= 0.3 is 0 Å². The van der Waals surface area contributed by atoms with E-state index in [4.69, 9.17) is 9.47 Å². The lowest BCUT2D eigenvalue weighted by atomic mass is 10.2. The molecule has 0 spiro atoms. The van der Waals surface area contributed by atoms with E-state index in [1.807, 2.05) is 30.3 Å². The summed E-state index contributed by atoms with van der Waals surface area (Å²) in [5.74, 6) is 2.15. The summed E-state index contributed by atoms with van der Waals surface area (Å²) in [6.45, 7) is 1.79. The molecular weight excluding hydrogens is 344 g/mol. The van der Waals surface area contributed by atoms with E-state index in [-0.39, 0.29) is 12.5 Å². The highest BCUT2D eigenvalue weighted by Crippen LogP contribution is 2.25. The number of rotatable bonds is 7. The summed E-state index contributed by atoms with van der Waals surface area (Å²) in [5.41, 5.74) is 0.398. The Labute approximate surface area is 157 Å². The SMILES string of the molecule is CC(O)CNC(=O)c1ccc(Oc2ccc(Oc3ccccc3)cc2)nc1. The molecule has 1 atom stereocenters.